The maximum Gasteiger partial charge on any atom is 0.417 e. The molecule has 0 saturated carbocycles. The van der Waals surface area contributed by atoms with Crippen LogP contribution in [0, 0.1) is 0 Å². The molecular formula is C9H6BrF3O3. The third-order valence-corrected chi connectivity index (χ3v) is 2.75. The van der Waals surface area contributed by atoms with E-state index in [2.05, 4.69) is 15.9 Å². The first-order chi connectivity index (χ1) is 7.25. The highest BCUT2D eigenvalue weighted by atomic mass is 79.9. The number of carbonyl (C=O) groups is 1. The Labute approximate surface area is 96.6 Å². The Balaban J connectivity index is 3.30. The van der Waals surface area contributed by atoms with Crippen LogP contribution in [0.2, 0.25) is 0 Å². The molecule has 88 valence electrons. The zero-order valence-corrected chi connectivity index (χ0v) is 9.21. The van der Waals surface area contributed by atoms with E-state index >= 15 is 0 Å². The summed E-state index contributed by atoms with van der Waals surface area (Å²) in [5.41, 5.74) is -1.35. The number of carboxylic acids is 1. The molecule has 16 heavy (non-hydrogen) atoms. The van der Waals surface area contributed by atoms with Gasteiger partial charge in [0.2, 0.25) is 0 Å². The summed E-state index contributed by atoms with van der Waals surface area (Å²) in [5, 5.41) is 17.7. The van der Waals surface area contributed by atoms with Gasteiger partial charge >= 0.3 is 12.1 Å². The number of hydrogen-bond donors (Lipinski definition) is 2. The van der Waals surface area contributed by atoms with Crippen LogP contribution in [0.1, 0.15) is 17.2 Å². The van der Waals surface area contributed by atoms with Crippen molar-refractivity contribution in [2.45, 2.75) is 12.3 Å². The van der Waals surface area contributed by atoms with Gasteiger partial charge in [0, 0.05) is 10.0 Å². The minimum atomic E-state index is -4.60. The minimum Gasteiger partial charge on any atom is -0.479 e. The van der Waals surface area contributed by atoms with E-state index in [-0.39, 0.29) is 5.56 Å². The Hall–Kier alpha value is -1.08. The van der Waals surface area contributed by atoms with Crippen molar-refractivity contribution in [2.75, 3.05) is 0 Å². The smallest absolute Gasteiger partial charge is 0.417 e. The standard InChI is InChI=1S/C9H6BrF3O3/c10-6-4(7(14)8(15)16)2-1-3-5(6)9(11,12)13/h1-3,7,14H,(H,15,16). The summed E-state index contributed by atoms with van der Waals surface area (Å²) in [6.45, 7) is 0. The van der Waals surface area contributed by atoms with Crippen molar-refractivity contribution < 1.29 is 28.2 Å². The summed E-state index contributed by atoms with van der Waals surface area (Å²) in [7, 11) is 0. The lowest BCUT2D eigenvalue weighted by molar-refractivity contribution is -0.147. The van der Waals surface area contributed by atoms with Gasteiger partial charge in [-0.15, -0.1) is 0 Å². The normalized spacial score (nSPS) is 13.6. The van der Waals surface area contributed by atoms with Crippen LogP contribution in [0.3, 0.4) is 0 Å². The summed E-state index contributed by atoms with van der Waals surface area (Å²) < 4.78 is 36.8. The number of hydrogen-bond acceptors (Lipinski definition) is 2. The number of rotatable bonds is 2. The molecule has 1 atom stereocenters. The molecule has 7 heteroatoms. The molecule has 0 aliphatic rings. The van der Waals surface area contributed by atoms with Gasteiger partial charge in [0.25, 0.3) is 0 Å². The minimum absolute atomic E-state index is 0.331. The predicted molar refractivity (Wildman–Crippen MR) is 51.7 cm³/mol. The van der Waals surface area contributed by atoms with Crippen LogP contribution < -0.4 is 0 Å². The Morgan fingerprint density at radius 1 is 1.38 bits per heavy atom. The van der Waals surface area contributed by atoms with Crippen molar-refractivity contribution in [3.8, 4) is 0 Å². The predicted octanol–water partition coefficient (Wildman–Crippen LogP) is 2.59. The molecule has 0 saturated heterocycles. The van der Waals surface area contributed by atoms with E-state index in [9.17, 15) is 23.1 Å². The van der Waals surface area contributed by atoms with E-state index in [0.29, 0.717) is 0 Å². The lowest BCUT2D eigenvalue weighted by atomic mass is 10.1. The highest BCUT2D eigenvalue weighted by Gasteiger charge is 2.35. The van der Waals surface area contributed by atoms with Crippen molar-refractivity contribution >= 4 is 21.9 Å². The summed E-state index contributed by atoms with van der Waals surface area (Å²) in [5.74, 6) is -1.61. The third-order valence-electron chi connectivity index (χ3n) is 1.86. The van der Waals surface area contributed by atoms with Crippen molar-refractivity contribution in [3.05, 3.63) is 33.8 Å². The molecule has 0 spiro atoms. The van der Waals surface area contributed by atoms with Crippen molar-refractivity contribution in [1.82, 2.24) is 0 Å². The number of aliphatic hydroxyl groups is 1. The second kappa shape index (κ2) is 4.42. The molecule has 2 N–H and O–H groups in total. The van der Waals surface area contributed by atoms with Gasteiger partial charge in [0.05, 0.1) is 5.56 Å². The molecule has 3 nitrogen and oxygen atoms in total. The fourth-order valence-electron chi connectivity index (χ4n) is 1.11. The molecule has 1 rings (SSSR count). The van der Waals surface area contributed by atoms with Gasteiger partial charge in [-0.1, -0.05) is 12.1 Å². The summed E-state index contributed by atoms with van der Waals surface area (Å²) in [6.07, 6.45) is -6.59. The Bertz CT molecular complexity index is 417. The quantitative estimate of drug-likeness (QED) is 0.882. The molecule has 0 amide bonds. The average Bonchev–Trinajstić information content (AvgIpc) is 2.15. The molecule has 0 heterocycles. The Kier molecular flexibility index (Phi) is 3.59. The Morgan fingerprint density at radius 2 is 1.94 bits per heavy atom. The Morgan fingerprint density at radius 3 is 2.38 bits per heavy atom. The zero-order chi connectivity index (χ0) is 12.5. The van der Waals surface area contributed by atoms with E-state index in [1.54, 1.807) is 0 Å². The van der Waals surface area contributed by atoms with Crippen LogP contribution in [0.15, 0.2) is 22.7 Å². The van der Waals surface area contributed by atoms with E-state index < -0.39 is 28.3 Å². The lowest BCUT2D eigenvalue weighted by Gasteiger charge is -2.14. The average molecular weight is 299 g/mol. The summed E-state index contributed by atoms with van der Waals surface area (Å²) in [4.78, 5) is 10.5. The van der Waals surface area contributed by atoms with Crippen LogP contribution in [0.5, 0.6) is 0 Å². The van der Waals surface area contributed by atoms with Crippen molar-refractivity contribution in [1.29, 1.82) is 0 Å². The first-order valence-corrected chi connectivity index (χ1v) is 4.81. The molecule has 0 radical (unpaired) electrons. The van der Waals surface area contributed by atoms with Gasteiger partial charge in [-0.3, -0.25) is 0 Å². The molecule has 1 aromatic rings. The highest BCUT2D eigenvalue weighted by molar-refractivity contribution is 9.10. The SMILES string of the molecule is O=C(O)C(O)c1cccc(C(F)(F)F)c1Br. The fourth-order valence-corrected chi connectivity index (χ4v) is 1.82. The number of carboxylic acid groups (broad SMARTS) is 1. The molecule has 0 aromatic heterocycles. The second-order valence-electron chi connectivity index (χ2n) is 2.95. The molecule has 0 aliphatic carbocycles. The number of benzene rings is 1. The van der Waals surface area contributed by atoms with E-state index in [0.717, 1.165) is 18.2 Å². The van der Waals surface area contributed by atoms with Gasteiger partial charge in [-0.2, -0.15) is 13.2 Å². The number of halogens is 4. The van der Waals surface area contributed by atoms with Gasteiger partial charge in [-0.05, 0) is 22.0 Å². The summed E-state index contributed by atoms with van der Waals surface area (Å²) in [6, 6.07) is 2.94. The van der Waals surface area contributed by atoms with Crippen LogP contribution >= 0.6 is 15.9 Å². The van der Waals surface area contributed by atoms with Crippen LogP contribution in [-0.4, -0.2) is 16.2 Å². The maximum atomic E-state index is 12.4. The van der Waals surface area contributed by atoms with Crippen molar-refractivity contribution in [3.63, 3.8) is 0 Å². The molecule has 1 aromatic carbocycles. The van der Waals surface area contributed by atoms with Gasteiger partial charge in [-0.25, -0.2) is 4.79 Å². The first-order valence-electron chi connectivity index (χ1n) is 4.01. The largest absolute Gasteiger partial charge is 0.479 e. The van der Waals surface area contributed by atoms with E-state index in [4.69, 9.17) is 5.11 Å². The van der Waals surface area contributed by atoms with Crippen LogP contribution in [-0.2, 0) is 11.0 Å². The van der Waals surface area contributed by atoms with Gasteiger partial charge in [0.1, 0.15) is 0 Å². The molecule has 1 unspecified atom stereocenters. The fraction of sp³-hybridized carbons (Fsp3) is 0.222. The van der Waals surface area contributed by atoms with Gasteiger partial charge < -0.3 is 10.2 Å². The van der Waals surface area contributed by atoms with E-state index in [1.807, 2.05) is 0 Å². The second-order valence-corrected chi connectivity index (χ2v) is 3.74. The first kappa shape index (κ1) is 13.0. The number of alkyl halides is 3. The molecule has 0 aliphatic heterocycles. The van der Waals surface area contributed by atoms with E-state index in [1.165, 1.54) is 0 Å². The highest BCUT2D eigenvalue weighted by Crippen LogP contribution is 2.38. The van der Waals surface area contributed by atoms with Crippen LogP contribution in [0.25, 0.3) is 0 Å². The lowest BCUT2D eigenvalue weighted by Crippen LogP contribution is -2.14. The van der Waals surface area contributed by atoms with Crippen molar-refractivity contribution in [2.24, 2.45) is 0 Å². The molecular weight excluding hydrogens is 293 g/mol. The van der Waals surface area contributed by atoms with Gasteiger partial charge in [0.15, 0.2) is 6.10 Å². The van der Waals surface area contributed by atoms with Crippen LogP contribution in [0.4, 0.5) is 13.2 Å². The number of aliphatic carboxylic acids is 1. The molecule has 0 bridgehead atoms. The summed E-state index contributed by atoms with van der Waals surface area (Å²) >= 11 is 2.64. The number of aliphatic hydroxyl groups excluding tert-OH is 1. The zero-order valence-electron chi connectivity index (χ0n) is 7.62. The topological polar surface area (TPSA) is 57.5 Å². The monoisotopic (exact) mass is 298 g/mol. The third kappa shape index (κ3) is 2.53. The maximum absolute atomic E-state index is 12.4. The molecule has 0 fully saturated rings.